The van der Waals surface area contributed by atoms with E-state index in [1.165, 1.54) is 38.0 Å². The zero-order chi connectivity index (χ0) is 42.8. The Morgan fingerprint density at radius 3 is 2.15 bits per heavy atom. The summed E-state index contributed by atoms with van der Waals surface area (Å²) < 4.78 is 88.4. The first-order valence-electron chi connectivity index (χ1n) is 17.3. The van der Waals surface area contributed by atoms with Crippen molar-refractivity contribution < 1.29 is 46.1 Å². The Morgan fingerprint density at radius 1 is 0.881 bits per heavy atom. The molecule has 22 heteroatoms. The molecule has 3 aliphatic rings. The van der Waals surface area contributed by atoms with Gasteiger partial charge in [0.1, 0.15) is 17.1 Å². The Morgan fingerprint density at radius 2 is 1.51 bits per heavy atom. The lowest BCUT2D eigenvalue weighted by Crippen LogP contribution is -2.59. The number of hydrogen-bond donors (Lipinski definition) is 1. The summed E-state index contributed by atoms with van der Waals surface area (Å²) >= 11 is 20.4. The number of carbonyl (C=O) groups excluding carboxylic acids is 2. The number of anilines is 1. The third-order valence-electron chi connectivity index (χ3n) is 11.1. The van der Waals surface area contributed by atoms with E-state index in [1.807, 2.05) is 0 Å². The first-order chi connectivity index (χ1) is 27.8. The summed E-state index contributed by atoms with van der Waals surface area (Å²) in [6.07, 6.45) is 0.260. The third-order valence-corrected chi connectivity index (χ3v) is 12.7. The number of fused-ring (bicyclic) bond motifs is 5. The minimum absolute atomic E-state index is 0.00273. The number of amides is 2. The average molecular weight is 884 g/mol. The number of aromatic nitrogens is 5. The van der Waals surface area contributed by atoms with Gasteiger partial charge in [-0.1, -0.05) is 17.7 Å². The molecule has 0 unspecified atom stereocenters. The number of phenolic OH excluding ortho intramolecular Hbond substituents is 1. The van der Waals surface area contributed by atoms with Crippen LogP contribution < -0.4 is 31.3 Å². The van der Waals surface area contributed by atoms with Crippen molar-refractivity contribution >= 4 is 63.3 Å². The number of nitrogens with zero attached hydrogens (tertiary/aromatic N) is 6. The normalized spacial score (nSPS) is 22.4. The van der Waals surface area contributed by atoms with Crippen LogP contribution in [0.4, 0.5) is 27.6 Å². The number of benzene rings is 3. The molecule has 8 rings (SSSR count). The van der Waals surface area contributed by atoms with E-state index in [0.717, 1.165) is 26.1 Å². The van der Waals surface area contributed by atoms with Gasteiger partial charge in [-0.05, 0) is 23.8 Å². The summed E-state index contributed by atoms with van der Waals surface area (Å²) in [5.41, 5.74) is -3.97. The highest BCUT2D eigenvalue weighted by Gasteiger charge is 2.76. The van der Waals surface area contributed by atoms with Gasteiger partial charge < -0.3 is 19.1 Å². The molecule has 0 radical (unpaired) electrons. The summed E-state index contributed by atoms with van der Waals surface area (Å²) in [6, 6.07) is 5.12. The molecule has 3 aromatic carbocycles. The Labute approximate surface area is 341 Å². The van der Waals surface area contributed by atoms with Gasteiger partial charge in [0, 0.05) is 55.1 Å². The standard InChI is InChI=1S/C37H26Cl3F5N6O8/c1-47-19-12-23(59-3)22(58-2)11-18(19)46-17(31(47)53)7-8-48-34(56)49-9-6-15-20(51(49)35(48)57)13-36(39)32(54)50(30-28(44)26(42)25(41)27(43)29(30)45)33(55)37(36,40)24(15)16-10-14(38)4-5-21(16)52/h4-6,10-12,20,24,52H,7-9,13H2,1-3H3/t20-,24-,36-,37+/m1/s1. The molecule has 2 aromatic heterocycles. The number of methoxy groups -OCH3 is 2. The number of phenols is 1. The Bertz CT molecular complexity index is 2920. The molecule has 4 heterocycles. The van der Waals surface area contributed by atoms with Crippen molar-refractivity contribution in [2.24, 2.45) is 7.05 Å². The van der Waals surface area contributed by atoms with Gasteiger partial charge >= 0.3 is 11.4 Å². The summed E-state index contributed by atoms with van der Waals surface area (Å²) in [6.45, 7) is -0.780. The van der Waals surface area contributed by atoms with E-state index < -0.39 is 104 Å². The van der Waals surface area contributed by atoms with Crippen molar-refractivity contribution in [3.05, 3.63) is 119 Å². The van der Waals surface area contributed by atoms with Crippen molar-refractivity contribution in [3.63, 3.8) is 0 Å². The van der Waals surface area contributed by atoms with Crippen molar-refractivity contribution in [2.45, 2.75) is 47.6 Å². The molecule has 1 N–H and O–H groups in total. The first-order valence-corrected chi connectivity index (χ1v) is 18.5. The molecule has 1 aliphatic carbocycles. The predicted molar refractivity (Wildman–Crippen MR) is 200 cm³/mol. The number of alkyl halides is 2. The monoisotopic (exact) mass is 882 g/mol. The van der Waals surface area contributed by atoms with Crippen LogP contribution in [0.2, 0.25) is 5.02 Å². The molecule has 4 atom stereocenters. The summed E-state index contributed by atoms with van der Waals surface area (Å²) in [7, 11) is 4.33. The Balaban J connectivity index is 1.26. The van der Waals surface area contributed by atoms with E-state index in [2.05, 4.69) is 4.98 Å². The summed E-state index contributed by atoms with van der Waals surface area (Å²) in [4.78, 5) is 68.8. The van der Waals surface area contributed by atoms with Gasteiger partial charge in [-0.2, -0.15) is 0 Å². The number of aromatic hydroxyl groups is 1. The van der Waals surface area contributed by atoms with E-state index in [4.69, 9.17) is 44.3 Å². The molecule has 308 valence electrons. The Hall–Kier alpha value is -5.66. The van der Waals surface area contributed by atoms with Crippen LogP contribution in [0.15, 0.2) is 56.4 Å². The maximum absolute atomic E-state index is 15.3. The second kappa shape index (κ2) is 13.7. The highest BCUT2D eigenvalue weighted by molar-refractivity contribution is 6.58. The van der Waals surface area contributed by atoms with Crippen LogP contribution in [0.3, 0.4) is 0 Å². The maximum Gasteiger partial charge on any atom is 0.347 e. The highest BCUT2D eigenvalue weighted by Crippen LogP contribution is 2.65. The number of aryl methyl sites for hydroxylation is 2. The molecule has 0 bridgehead atoms. The second-order valence-corrected chi connectivity index (χ2v) is 15.6. The largest absolute Gasteiger partial charge is 0.508 e. The molecule has 5 aromatic rings. The Kier molecular flexibility index (Phi) is 9.32. The van der Waals surface area contributed by atoms with Crippen LogP contribution in [0.5, 0.6) is 17.2 Å². The van der Waals surface area contributed by atoms with Crippen molar-refractivity contribution in [2.75, 3.05) is 19.1 Å². The second-order valence-electron chi connectivity index (χ2n) is 13.9. The lowest BCUT2D eigenvalue weighted by molar-refractivity contribution is -0.122. The highest BCUT2D eigenvalue weighted by atomic mass is 35.5. The molecule has 14 nitrogen and oxygen atoms in total. The van der Waals surface area contributed by atoms with Gasteiger partial charge in [0.15, 0.2) is 44.5 Å². The van der Waals surface area contributed by atoms with E-state index in [9.17, 15) is 42.3 Å². The SMILES string of the molecule is COc1cc2nc(CCn3c(=O)n4n(c3=O)[C@@H]3C[C@@]5(Cl)C(=O)N(c6c(F)c(F)c(F)c(F)c6F)C(=O)[C@@]5(Cl)[C@@H](c5cc(Cl)ccc5O)C3=CC4)c(=O)n(C)c2cc1OC. The number of hydrogen-bond acceptors (Lipinski definition) is 9. The van der Waals surface area contributed by atoms with Gasteiger partial charge in [0.2, 0.25) is 5.82 Å². The van der Waals surface area contributed by atoms with E-state index in [-0.39, 0.29) is 39.7 Å². The smallest absolute Gasteiger partial charge is 0.347 e. The van der Waals surface area contributed by atoms with Crippen LogP contribution in [-0.2, 0) is 36.1 Å². The first kappa shape index (κ1) is 40.1. The predicted octanol–water partition coefficient (Wildman–Crippen LogP) is 4.57. The fourth-order valence-electron chi connectivity index (χ4n) is 8.26. The summed E-state index contributed by atoms with van der Waals surface area (Å²) in [5.74, 6) is -17.8. The van der Waals surface area contributed by atoms with Gasteiger partial charge in [-0.3, -0.25) is 14.4 Å². The van der Waals surface area contributed by atoms with Crippen molar-refractivity contribution in [3.8, 4) is 17.2 Å². The molecule has 2 aliphatic heterocycles. The van der Waals surface area contributed by atoms with Gasteiger partial charge in [-0.25, -0.2) is 55.4 Å². The van der Waals surface area contributed by atoms with Gasteiger partial charge in [0.25, 0.3) is 17.4 Å². The zero-order valence-electron chi connectivity index (χ0n) is 30.5. The average Bonchev–Trinajstić information content (AvgIpc) is 3.54. The number of allylic oxidation sites excluding steroid dienone is 2. The van der Waals surface area contributed by atoms with Crippen molar-refractivity contribution in [1.29, 1.82) is 0 Å². The molecular formula is C37H26Cl3F5N6O8. The topological polar surface area (TPSA) is 160 Å². The molecule has 2 amide bonds. The molecule has 0 spiro atoms. The maximum atomic E-state index is 15.3. The summed E-state index contributed by atoms with van der Waals surface area (Å²) in [5, 5.41) is 11.1. The minimum atomic E-state index is -2.89. The number of rotatable bonds is 7. The quantitative estimate of drug-likeness (QED) is 0.0618. The van der Waals surface area contributed by atoms with Gasteiger partial charge in [-0.15, -0.1) is 23.2 Å². The van der Waals surface area contributed by atoms with Crippen LogP contribution in [0, 0.1) is 29.1 Å². The lowest BCUT2D eigenvalue weighted by atomic mass is 9.64. The molecule has 2 fully saturated rings. The number of carbonyl (C=O) groups is 2. The molecule has 1 saturated heterocycles. The van der Waals surface area contributed by atoms with E-state index >= 15 is 8.78 Å². The minimum Gasteiger partial charge on any atom is -0.508 e. The van der Waals surface area contributed by atoms with E-state index in [1.54, 1.807) is 12.1 Å². The molecule has 1 saturated carbocycles. The molecule has 59 heavy (non-hydrogen) atoms. The zero-order valence-corrected chi connectivity index (χ0v) is 32.7. The number of ether oxygens (including phenoxy) is 2. The third kappa shape index (κ3) is 5.36. The lowest BCUT2D eigenvalue weighted by Gasteiger charge is -2.49. The number of halogens is 8. The van der Waals surface area contributed by atoms with Gasteiger partial charge in [0.05, 0.1) is 37.8 Å². The number of imide groups is 1. The molecular weight excluding hydrogens is 858 g/mol. The van der Waals surface area contributed by atoms with Crippen LogP contribution in [0.25, 0.3) is 11.0 Å². The van der Waals surface area contributed by atoms with Crippen LogP contribution >= 0.6 is 34.8 Å². The van der Waals surface area contributed by atoms with E-state index in [0.29, 0.717) is 22.5 Å². The fraction of sp³-hybridized carbons (Fsp3) is 0.297. The van der Waals surface area contributed by atoms with Crippen molar-refractivity contribution in [1.82, 2.24) is 23.5 Å². The van der Waals surface area contributed by atoms with Crippen LogP contribution in [-0.4, -0.2) is 64.4 Å². The van der Waals surface area contributed by atoms with Crippen LogP contribution in [0.1, 0.15) is 29.6 Å². The fourth-order valence-corrected chi connectivity index (χ4v) is 9.35.